The molecule has 1 heterocycles. The van der Waals surface area contributed by atoms with Gasteiger partial charge in [-0.2, -0.15) is 0 Å². The average molecular weight is 390 g/mol. The van der Waals surface area contributed by atoms with Gasteiger partial charge in [0.05, 0.1) is 0 Å². The number of nitrogens with zero attached hydrogens (tertiary/aromatic N) is 2. The summed E-state index contributed by atoms with van der Waals surface area (Å²) in [4.78, 5) is 12.2. The van der Waals surface area contributed by atoms with Crippen LogP contribution in [0.2, 0.25) is 5.02 Å². The number of hydrogen-bond acceptors (Lipinski definition) is 5. The Hall–Kier alpha value is -1.89. The van der Waals surface area contributed by atoms with Crippen LogP contribution in [0.5, 0.6) is 0 Å². The fourth-order valence-electron chi connectivity index (χ4n) is 2.42. The van der Waals surface area contributed by atoms with E-state index in [0.29, 0.717) is 15.7 Å². The van der Waals surface area contributed by atoms with Crippen molar-refractivity contribution in [2.75, 3.05) is 5.32 Å². The van der Waals surface area contributed by atoms with E-state index in [2.05, 4.69) is 47.6 Å². The highest BCUT2D eigenvalue weighted by atomic mass is 35.5. The lowest BCUT2D eigenvalue weighted by Gasteiger charge is -2.03. The van der Waals surface area contributed by atoms with Crippen LogP contribution >= 0.6 is 34.7 Å². The lowest BCUT2D eigenvalue weighted by Crippen LogP contribution is -2.11. The van der Waals surface area contributed by atoms with Crippen LogP contribution in [-0.4, -0.2) is 16.1 Å². The molecular weight excluding hydrogens is 374 g/mol. The molecule has 1 aromatic heterocycles. The molecule has 7 heteroatoms. The minimum absolute atomic E-state index is 0.246. The molecule has 0 aliphatic heterocycles. The molecular formula is C18H16ClN3OS2. The van der Waals surface area contributed by atoms with Crippen LogP contribution < -0.4 is 5.32 Å². The second-order valence-corrected chi connectivity index (χ2v) is 8.26. The number of amides is 1. The Bertz CT molecular complexity index is 891. The van der Waals surface area contributed by atoms with Crippen molar-refractivity contribution in [2.45, 2.75) is 23.9 Å². The molecule has 1 N–H and O–H groups in total. The standard InChI is InChI=1S/C18H16ClN3OS2/c1-11-6-12(2)8-13(7-11)10-24-18-22-21-17(25-18)20-16(23)14-4-3-5-15(19)9-14/h3-9H,10H2,1-2H3,(H,20,21,23). The maximum atomic E-state index is 12.2. The molecule has 0 unspecified atom stereocenters. The molecule has 0 atom stereocenters. The lowest BCUT2D eigenvalue weighted by atomic mass is 10.1. The van der Waals surface area contributed by atoms with Crippen LogP contribution in [0.3, 0.4) is 0 Å². The molecule has 0 aliphatic carbocycles. The monoisotopic (exact) mass is 389 g/mol. The normalized spacial score (nSPS) is 10.7. The SMILES string of the molecule is Cc1cc(C)cc(CSc2nnc(NC(=O)c3cccc(Cl)c3)s2)c1. The predicted molar refractivity (Wildman–Crippen MR) is 105 cm³/mol. The highest BCUT2D eigenvalue weighted by Gasteiger charge is 2.11. The van der Waals surface area contributed by atoms with E-state index in [4.69, 9.17) is 11.6 Å². The zero-order valence-electron chi connectivity index (χ0n) is 13.7. The summed E-state index contributed by atoms with van der Waals surface area (Å²) >= 11 is 8.88. The topological polar surface area (TPSA) is 54.9 Å². The van der Waals surface area contributed by atoms with Gasteiger partial charge in [0.2, 0.25) is 5.13 Å². The van der Waals surface area contributed by atoms with Crippen molar-refractivity contribution in [1.82, 2.24) is 10.2 Å². The summed E-state index contributed by atoms with van der Waals surface area (Å²) < 4.78 is 0.820. The first-order chi connectivity index (χ1) is 12.0. The summed E-state index contributed by atoms with van der Waals surface area (Å²) in [6.07, 6.45) is 0. The lowest BCUT2D eigenvalue weighted by molar-refractivity contribution is 0.102. The number of nitrogens with one attached hydrogen (secondary N) is 1. The van der Waals surface area contributed by atoms with Crippen molar-refractivity contribution in [3.05, 3.63) is 69.7 Å². The first-order valence-electron chi connectivity index (χ1n) is 7.60. The van der Waals surface area contributed by atoms with Gasteiger partial charge >= 0.3 is 0 Å². The number of aryl methyl sites for hydroxylation is 2. The Morgan fingerprint density at radius 1 is 1.16 bits per heavy atom. The number of halogens is 1. The van der Waals surface area contributed by atoms with Gasteiger partial charge in [0.1, 0.15) is 0 Å². The second kappa shape index (κ2) is 7.99. The molecule has 3 rings (SSSR count). The number of anilines is 1. The number of thioether (sulfide) groups is 1. The number of benzene rings is 2. The Morgan fingerprint density at radius 3 is 2.64 bits per heavy atom. The van der Waals surface area contributed by atoms with E-state index in [1.807, 2.05) is 0 Å². The van der Waals surface area contributed by atoms with Gasteiger partial charge in [0, 0.05) is 16.3 Å². The van der Waals surface area contributed by atoms with Crippen molar-refractivity contribution >= 4 is 45.7 Å². The summed E-state index contributed by atoms with van der Waals surface area (Å²) in [5.41, 5.74) is 4.25. The quantitative estimate of drug-likeness (QED) is 0.471. The minimum Gasteiger partial charge on any atom is -0.296 e. The van der Waals surface area contributed by atoms with Gasteiger partial charge in [-0.1, -0.05) is 70.1 Å². The van der Waals surface area contributed by atoms with E-state index in [1.165, 1.54) is 28.0 Å². The molecule has 2 aromatic carbocycles. The zero-order valence-corrected chi connectivity index (χ0v) is 16.1. The van der Waals surface area contributed by atoms with Crippen LogP contribution in [0.1, 0.15) is 27.0 Å². The molecule has 0 saturated carbocycles. The Labute approximate surface area is 159 Å². The summed E-state index contributed by atoms with van der Waals surface area (Å²) in [7, 11) is 0. The Balaban J connectivity index is 1.61. The van der Waals surface area contributed by atoms with E-state index in [9.17, 15) is 4.79 Å². The Morgan fingerprint density at radius 2 is 1.92 bits per heavy atom. The molecule has 4 nitrogen and oxygen atoms in total. The largest absolute Gasteiger partial charge is 0.296 e. The van der Waals surface area contributed by atoms with Crippen molar-refractivity contribution in [3.8, 4) is 0 Å². The summed E-state index contributed by atoms with van der Waals surface area (Å²) in [6.45, 7) is 4.19. The summed E-state index contributed by atoms with van der Waals surface area (Å²) in [5, 5.41) is 11.9. The molecule has 0 aliphatic rings. The first-order valence-corrected chi connectivity index (χ1v) is 9.78. The number of rotatable bonds is 5. The van der Waals surface area contributed by atoms with Gasteiger partial charge in [-0.15, -0.1) is 10.2 Å². The first kappa shape index (κ1) is 17.9. The van der Waals surface area contributed by atoms with E-state index in [1.54, 1.807) is 36.0 Å². The third-order valence-electron chi connectivity index (χ3n) is 3.36. The molecule has 0 radical (unpaired) electrons. The highest BCUT2D eigenvalue weighted by molar-refractivity contribution is 8.00. The number of carbonyl (C=O) groups is 1. The fourth-order valence-corrected chi connectivity index (χ4v) is 4.28. The van der Waals surface area contributed by atoms with Crippen molar-refractivity contribution in [3.63, 3.8) is 0 Å². The smallest absolute Gasteiger partial charge is 0.257 e. The zero-order chi connectivity index (χ0) is 17.8. The van der Waals surface area contributed by atoms with Crippen LogP contribution in [0.25, 0.3) is 0 Å². The summed E-state index contributed by atoms with van der Waals surface area (Å²) in [6, 6.07) is 13.3. The molecule has 0 bridgehead atoms. The number of aromatic nitrogens is 2. The van der Waals surface area contributed by atoms with E-state index < -0.39 is 0 Å². The maximum Gasteiger partial charge on any atom is 0.257 e. The van der Waals surface area contributed by atoms with Crippen LogP contribution in [-0.2, 0) is 5.75 Å². The molecule has 128 valence electrons. The fraction of sp³-hybridized carbons (Fsp3) is 0.167. The van der Waals surface area contributed by atoms with Gasteiger partial charge in [0.15, 0.2) is 4.34 Å². The van der Waals surface area contributed by atoms with Gasteiger partial charge in [-0.25, -0.2) is 0 Å². The second-order valence-electron chi connectivity index (χ2n) is 5.62. The van der Waals surface area contributed by atoms with E-state index >= 15 is 0 Å². The van der Waals surface area contributed by atoms with Gasteiger partial charge < -0.3 is 0 Å². The van der Waals surface area contributed by atoms with E-state index in [-0.39, 0.29) is 5.91 Å². The van der Waals surface area contributed by atoms with Crippen molar-refractivity contribution in [1.29, 1.82) is 0 Å². The number of carbonyl (C=O) groups excluding carboxylic acids is 1. The van der Waals surface area contributed by atoms with E-state index in [0.717, 1.165) is 10.1 Å². The van der Waals surface area contributed by atoms with Crippen LogP contribution in [0.4, 0.5) is 5.13 Å². The van der Waals surface area contributed by atoms with Gasteiger partial charge in [-0.05, 0) is 37.6 Å². The highest BCUT2D eigenvalue weighted by Crippen LogP contribution is 2.29. The molecule has 0 saturated heterocycles. The molecule has 3 aromatic rings. The molecule has 0 spiro atoms. The molecule has 25 heavy (non-hydrogen) atoms. The van der Waals surface area contributed by atoms with Gasteiger partial charge in [-0.3, -0.25) is 10.1 Å². The Kier molecular flexibility index (Phi) is 5.73. The van der Waals surface area contributed by atoms with Crippen LogP contribution in [0.15, 0.2) is 46.8 Å². The average Bonchev–Trinajstić information content (AvgIpc) is 2.99. The molecule has 0 fully saturated rings. The third kappa shape index (κ3) is 5.04. The van der Waals surface area contributed by atoms with Crippen LogP contribution in [0, 0.1) is 13.8 Å². The minimum atomic E-state index is -0.246. The van der Waals surface area contributed by atoms with Gasteiger partial charge in [0.25, 0.3) is 5.91 Å². The predicted octanol–water partition coefficient (Wildman–Crippen LogP) is 5.35. The third-order valence-corrected chi connectivity index (χ3v) is 5.64. The number of hydrogen-bond donors (Lipinski definition) is 1. The van der Waals surface area contributed by atoms with Crippen molar-refractivity contribution < 1.29 is 4.79 Å². The molecule has 1 amide bonds. The van der Waals surface area contributed by atoms with Crippen molar-refractivity contribution in [2.24, 2.45) is 0 Å². The maximum absolute atomic E-state index is 12.2. The summed E-state index contributed by atoms with van der Waals surface area (Å²) in [5.74, 6) is 0.573.